The lowest BCUT2D eigenvalue weighted by molar-refractivity contribution is -0.117. The summed E-state index contributed by atoms with van der Waals surface area (Å²) >= 11 is 0. The molecule has 146 valence electrons. The van der Waals surface area contributed by atoms with E-state index >= 15 is 0 Å². The third kappa shape index (κ3) is 3.44. The Hall–Kier alpha value is -2.60. The molecule has 1 aliphatic rings. The summed E-state index contributed by atoms with van der Waals surface area (Å²) in [6.07, 6.45) is 3.72. The fourth-order valence-corrected chi connectivity index (χ4v) is 6.23. The topological polar surface area (TPSA) is 68.2 Å². The van der Waals surface area contributed by atoms with E-state index < -0.39 is 15.4 Å². The molecule has 1 fully saturated rings. The molecule has 1 amide bonds. The first kappa shape index (κ1) is 18.7. The van der Waals surface area contributed by atoms with Crippen LogP contribution >= 0.6 is 0 Å². The molecule has 0 bridgehead atoms. The number of sulfone groups is 1. The fourth-order valence-electron chi connectivity index (χ4n) is 4.14. The highest BCUT2D eigenvalue weighted by atomic mass is 32.2. The van der Waals surface area contributed by atoms with Crippen LogP contribution in [0, 0.1) is 0 Å². The second-order valence-electron chi connectivity index (χ2n) is 7.76. The summed E-state index contributed by atoms with van der Waals surface area (Å²) in [6, 6.07) is 14.5. The summed E-state index contributed by atoms with van der Waals surface area (Å²) in [5.74, 6) is -0.135. The molecular formula is C22H24N2O3S. The number of carbonyl (C=O) groups excluding carboxylic acids is 1. The van der Waals surface area contributed by atoms with E-state index in [1.54, 1.807) is 13.0 Å². The van der Waals surface area contributed by atoms with Gasteiger partial charge in [0.1, 0.15) is 0 Å². The maximum atomic E-state index is 12.3. The van der Waals surface area contributed by atoms with E-state index in [0.717, 1.165) is 17.5 Å². The predicted octanol–water partition coefficient (Wildman–Crippen LogP) is 3.52. The molecular weight excluding hydrogens is 372 g/mol. The van der Waals surface area contributed by atoms with Gasteiger partial charge in [-0.1, -0.05) is 24.3 Å². The lowest BCUT2D eigenvalue weighted by Crippen LogP contribution is -2.46. The predicted molar refractivity (Wildman–Crippen MR) is 114 cm³/mol. The molecule has 0 radical (unpaired) electrons. The minimum Gasteiger partial charge on any atom is -0.346 e. The monoisotopic (exact) mass is 396 g/mol. The summed E-state index contributed by atoms with van der Waals surface area (Å²) in [5, 5.41) is 5.21. The van der Waals surface area contributed by atoms with Crippen LogP contribution in [0.1, 0.15) is 25.8 Å². The van der Waals surface area contributed by atoms with Crippen molar-refractivity contribution in [1.82, 2.24) is 9.88 Å². The summed E-state index contributed by atoms with van der Waals surface area (Å²) in [4.78, 5) is 12.3. The maximum absolute atomic E-state index is 12.3. The van der Waals surface area contributed by atoms with E-state index in [9.17, 15) is 13.2 Å². The van der Waals surface area contributed by atoms with Crippen molar-refractivity contribution in [3.05, 3.63) is 54.1 Å². The summed E-state index contributed by atoms with van der Waals surface area (Å²) in [6.45, 7) is 4.81. The van der Waals surface area contributed by atoms with Crippen molar-refractivity contribution in [3.8, 4) is 0 Å². The zero-order valence-electron chi connectivity index (χ0n) is 16.1. The number of hydrogen-bond donors (Lipinski definition) is 1. The molecule has 1 N–H and O–H groups in total. The molecule has 2 aromatic carbocycles. The number of para-hydroxylation sites is 1. The molecule has 3 aromatic rings. The Bertz CT molecular complexity index is 1210. The van der Waals surface area contributed by atoms with Crippen LogP contribution in [0.3, 0.4) is 0 Å². The number of fused-ring (bicyclic) bond motifs is 3. The van der Waals surface area contributed by atoms with Crippen molar-refractivity contribution in [2.24, 2.45) is 0 Å². The van der Waals surface area contributed by atoms with E-state index in [-0.39, 0.29) is 17.4 Å². The molecule has 1 atom stereocenters. The van der Waals surface area contributed by atoms with E-state index in [1.165, 1.54) is 22.5 Å². The van der Waals surface area contributed by atoms with Crippen LogP contribution in [-0.4, -0.2) is 35.9 Å². The molecule has 28 heavy (non-hydrogen) atoms. The Morgan fingerprint density at radius 1 is 1.18 bits per heavy atom. The zero-order chi connectivity index (χ0) is 19.9. The number of aromatic nitrogens is 1. The summed E-state index contributed by atoms with van der Waals surface area (Å²) < 4.78 is 25.7. The van der Waals surface area contributed by atoms with Crippen LogP contribution in [-0.2, 0) is 21.2 Å². The minimum atomic E-state index is -3.05. The molecule has 1 saturated heterocycles. The van der Waals surface area contributed by atoms with Crippen molar-refractivity contribution >= 4 is 43.6 Å². The highest BCUT2D eigenvalue weighted by Gasteiger charge is 2.39. The highest BCUT2D eigenvalue weighted by molar-refractivity contribution is 7.91. The van der Waals surface area contributed by atoms with Gasteiger partial charge in [-0.05, 0) is 50.1 Å². The average molecular weight is 397 g/mol. The first-order chi connectivity index (χ1) is 13.3. The van der Waals surface area contributed by atoms with Crippen LogP contribution in [0.15, 0.2) is 48.5 Å². The largest absolute Gasteiger partial charge is 0.346 e. The number of aryl methyl sites for hydroxylation is 1. The molecule has 5 nitrogen and oxygen atoms in total. The molecule has 2 heterocycles. The van der Waals surface area contributed by atoms with Gasteiger partial charge in [0, 0.05) is 34.4 Å². The third-order valence-electron chi connectivity index (χ3n) is 5.47. The molecule has 1 aliphatic heterocycles. The van der Waals surface area contributed by atoms with E-state index in [1.807, 2.05) is 18.2 Å². The van der Waals surface area contributed by atoms with Crippen molar-refractivity contribution in [1.29, 1.82) is 0 Å². The molecule has 0 spiro atoms. The van der Waals surface area contributed by atoms with Gasteiger partial charge in [-0.3, -0.25) is 4.79 Å². The number of nitrogens with zero attached hydrogens (tertiary/aromatic N) is 1. The molecule has 1 aromatic heterocycles. The van der Waals surface area contributed by atoms with Crippen LogP contribution < -0.4 is 5.32 Å². The first-order valence-electron chi connectivity index (χ1n) is 9.52. The number of rotatable bonds is 4. The van der Waals surface area contributed by atoms with Gasteiger partial charge in [-0.15, -0.1) is 0 Å². The lowest BCUT2D eigenvalue weighted by atomic mass is 10.0. The molecule has 0 aliphatic carbocycles. The maximum Gasteiger partial charge on any atom is 0.244 e. The van der Waals surface area contributed by atoms with Crippen LogP contribution in [0.4, 0.5) is 0 Å². The Balaban J connectivity index is 1.60. The minimum absolute atomic E-state index is 0.00205. The number of amides is 1. The Morgan fingerprint density at radius 2 is 1.93 bits per heavy atom. The average Bonchev–Trinajstić information content (AvgIpc) is 3.12. The van der Waals surface area contributed by atoms with Gasteiger partial charge in [-0.25, -0.2) is 8.42 Å². The first-order valence-corrected chi connectivity index (χ1v) is 11.3. The smallest absolute Gasteiger partial charge is 0.244 e. The van der Waals surface area contributed by atoms with Crippen molar-refractivity contribution in [2.75, 3.05) is 11.5 Å². The van der Waals surface area contributed by atoms with Gasteiger partial charge in [0.25, 0.3) is 0 Å². The Kier molecular flexibility index (Phi) is 4.54. The number of hydrogen-bond acceptors (Lipinski definition) is 3. The number of carbonyl (C=O) groups is 1. The number of nitrogens with one attached hydrogen (secondary N) is 1. The fraction of sp³-hybridized carbons (Fsp3) is 0.318. The van der Waals surface area contributed by atoms with Gasteiger partial charge in [0.15, 0.2) is 9.84 Å². The van der Waals surface area contributed by atoms with Crippen LogP contribution in [0.5, 0.6) is 0 Å². The number of benzene rings is 2. The third-order valence-corrected chi connectivity index (χ3v) is 7.37. The van der Waals surface area contributed by atoms with Crippen LogP contribution in [0.25, 0.3) is 27.9 Å². The normalized spacial score (nSPS) is 21.6. The highest BCUT2D eigenvalue weighted by Crippen LogP contribution is 2.30. The zero-order valence-corrected chi connectivity index (χ0v) is 16.9. The van der Waals surface area contributed by atoms with Gasteiger partial charge in [-0.2, -0.15) is 0 Å². The van der Waals surface area contributed by atoms with Crippen molar-refractivity contribution in [3.63, 3.8) is 0 Å². The van der Waals surface area contributed by atoms with Crippen LogP contribution in [0.2, 0.25) is 0 Å². The Labute approximate surface area is 165 Å². The van der Waals surface area contributed by atoms with E-state index in [2.05, 4.69) is 41.1 Å². The summed E-state index contributed by atoms with van der Waals surface area (Å²) in [7, 11) is -3.05. The lowest BCUT2D eigenvalue weighted by Gasteiger charge is -2.22. The molecule has 4 rings (SSSR count). The Morgan fingerprint density at radius 3 is 2.64 bits per heavy atom. The van der Waals surface area contributed by atoms with Gasteiger partial charge < -0.3 is 9.88 Å². The SMILES string of the molecule is CCn1c2ccccc2c2cc(C=CC(=O)NC3(C)CCS(=O)(=O)C3)ccc21. The molecule has 6 heteroatoms. The van der Waals surface area contributed by atoms with E-state index in [4.69, 9.17) is 0 Å². The van der Waals surface area contributed by atoms with Gasteiger partial charge in [0.2, 0.25) is 5.91 Å². The van der Waals surface area contributed by atoms with Crippen molar-refractivity contribution < 1.29 is 13.2 Å². The van der Waals surface area contributed by atoms with E-state index in [0.29, 0.717) is 6.42 Å². The quantitative estimate of drug-likeness (QED) is 0.686. The molecule has 0 saturated carbocycles. The second kappa shape index (κ2) is 6.78. The standard InChI is InChI=1S/C22H24N2O3S/c1-3-24-19-7-5-4-6-17(19)18-14-16(8-10-20(18)24)9-11-21(25)23-22(2)12-13-28(26,27)15-22/h4-11,14H,3,12-13,15H2,1-2H3,(H,23,25). The molecule has 1 unspecified atom stereocenters. The second-order valence-corrected chi connectivity index (χ2v) is 9.95. The van der Waals surface area contributed by atoms with Gasteiger partial charge in [0.05, 0.1) is 17.0 Å². The van der Waals surface area contributed by atoms with Crippen molar-refractivity contribution in [2.45, 2.75) is 32.4 Å². The van der Waals surface area contributed by atoms with Gasteiger partial charge >= 0.3 is 0 Å². The summed E-state index contributed by atoms with van der Waals surface area (Å²) in [5.41, 5.74) is 2.63.